The molecule has 2 heterocycles. The van der Waals surface area contributed by atoms with Gasteiger partial charge in [0.1, 0.15) is 30.3 Å². The standard InChI is InChI=1S/C21H33N7O4P/c1-14(10-28-12-25-18-19(22)23-11-24-20(18)28)31-13-33(30,27-16-6-5-7-16)26-15(2)21(29)32-17-8-3-4-9-17/h6,11-12,14-17H,3-5,7-10,13H2,1-2H3,(H2,22,23,24)(H2,26,27,30)/t14-,15-,16?,33?/m1/s1. The highest BCUT2D eigenvalue weighted by molar-refractivity contribution is 7.59. The monoisotopic (exact) mass is 478 g/mol. The molecule has 4 N–H and O–H groups in total. The average molecular weight is 479 g/mol. The zero-order valence-electron chi connectivity index (χ0n) is 19.1. The summed E-state index contributed by atoms with van der Waals surface area (Å²) in [5.41, 5.74) is 7.00. The first-order valence-corrected chi connectivity index (χ1v) is 13.4. The molecule has 0 amide bonds. The number of nitrogens with two attached hydrogens (primary N) is 1. The van der Waals surface area contributed by atoms with Crippen LogP contribution in [-0.2, 0) is 25.4 Å². The van der Waals surface area contributed by atoms with Gasteiger partial charge in [-0.1, -0.05) is 0 Å². The molecule has 0 spiro atoms. The average Bonchev–Trinajstić information content (AvgIpc) is 3.40. The molecule has 0 saturated heterocycles. The second-order valence-electron chi connectivity index (χ2n) is 8.92. The van der Waals surface area contributed by atoms with Crippen molar-refractivity contribution in [2.24, 2.45) is 0 Å². The number of fused-ring (bicyclic) bond motifs is 1. The van der Waals surface area contributed by atoms with Gasteiger partial charge in [-0.3, -0.25) is 9.36 Å². The molecule has 33 heavy (non-hydrogen) atoms. The van der Waals surface area contributed by atoms with Gasteiger partial charge < -0.3 is 19.8 Å². The summed E-state index contributed by atoms with van der Waals surface area (Å²) in [6.45, 7) is 4.01. The number of nitrogens with one attached hydrogen (secondary N) is 2. The molecular weight excluding hydrogens is 445 g/mol. The number of aromatic nitrogens is 4. The Kier molecular flexibility index (Phi) is 7.63. The van der Waals surface area contributed by atoms with Crippen LogP contribution in [0.5, 0.6) is 0 Å². The van der Waals surface area contributed by atoms with E-state index in [4.69, 9.17) is 15.2 Å². The van der Waals surface area contributed by atoms with Crippen LogP contribution >= 0.6 is 7.44 Å². The summed E-state index contributed by atoms with van der Waals surface area (Å²) in [5, 5.41) is 6.15. The summed E-state index contributed by atoms with van der Waals surface area (Å²) in [6.07, 6.45) is 10.5. The Morgan fingerprint density at radius 2 is 2.03 bits per heavy atom. The molecule has 0 bridgehead atoms. The van der Waals surface area contributed by atoms with Crippen LogP contribution in [0.15, 0.2) is 12.7 Å². The molecule has 1 radical (unpaired) electrons. The van der Waals surface area contributed by atoms with Gasteiger partial charge in [0.15, 0.2) is 11.5 Å². The summed E-state index contributed by atoms with van der Waals surface area (Å²) >= 11 is 0. The maximum atomic E-state index is 13.7. The van der Waals surface area contributed by atoms with Crippen LogP contribution in [0.3, 0.4) is 0 Å². The molecule has 0 aliphatic heterocycles. The predicted octanol–water partition coefficient (Wildman–Crippen LogP) is 2.38. The van der Waals surface area contributed by atoms with Crippen molar-refractivity contribution in [3.8, 4) is 0 Å². The van der Waals surface area contributed by atoms with E-state index in [9.17, 15) is 9.36 Å². The molecule has 2 unspecified atom stereocenters. The Labute approximate surface area is 193 Å². The number of hydrogen-bond donors (Lipinski definition) is 3. The quantitative estimate of drug-likeness (QED) is 0.325. The lowest BCUT2D eigenvalue weighted by Crippen LogP contribution is -2.43. The van der Waals surface area contributed by atoms with E-state index in [1.807, 2.05) is 11.5 Å². The molecule has 2 aromatic heterocycles. The number of rotatable bonds is 11. The first kappa shape index (κ1) is 24.1. The fraction of sp³-hybridized carbons (Fsp3) is 0.667. The molecule has 11 nitrogen and oxygen atoms in total. The van der Waals surface area contributed by atoms with E-state index in [0.29, 0.717) is 23.5 Å². The predicted molar refractivity (Wildman–Crippen MR) is 124 cm³/mol. The summed E-state index contributed by atoms with van der Waals surface area (Å²) in [7, 11) is -3.22. The number of esters is 1. The van der Waals surface area contributed by atoms with Crippen LogP contribution in [-0.4, -0.2) is 56.1 Å². The van der Waals surface area contributed by atoms with E-state index >= 15 is 0 Å². The van der Waals surface area contributed by atoms with Gasteiger partial charge in [-0.25, -0.2) is 25.1 Å². The van der Waals surface area contributed by atoms with Crippen molar-refractivity contribution in [1.29, 1.82) is 0 Å². The van der Waals surface area contributed by atoms with Gasteiger partial charge in [0.2, 0.25) is 7.44 Å². The van der Waals surface area contributed by atoms with Gasteiger partial charge in [-0.2, -0.15) is 0 Å². The Hall–Kier alpha value is -2.07. The zero-order valence-corrected chi connectivity index (χ0v) is 20.0. The van der Waals surface area contributed by atoms with Crippen molar-refractivity contribution in [3.63, 3.8) is 0 Å². The van der Waals surface area contributed by atoms with E-state index in [1.54, 1.807) is 13.3 Å². The number of nitrogens with zero attached hydrogens (tertiary/aromatic N) is 4. The van der Waals surface area contributed by atoms with E-state index in [2.05, 4.69) is 31.5 Å². The lowest BCUT2D eigenvalue weighted by Gasteiger charge is -2.33. The third-order valence-electron chi connectivity index (χ3n) is 6.07. The zero-order chi connectivity index (χ0) is 23.4. The molecule has 2 aliphatic rings. The van der Waals surface area contributed by atoms with E-state index in [0.717, 1.165) is 38.5 Å². The summed E-state index contributed by atoms with van der Waals surface area (Å²) in [5.74, 6) is -0.0582. The molecule has 4 rings (SSSR count). The van der Waals surface area contributed by atoms with E-state index in [1.165, 1.54) is 6.33 Å². The first-order valence-electron chi connectivity index (χ1n) is 11.5. The number of nitrogen functional groups attached to an aromatic ring is 1. The van der Waals surface area contributed by atoms with Crippen LogP contribution in [0.4, 0.5) is 5.82 Å². The van der Waals surface area contributed by atoms with Crippen LogP contribution in [0.1, 0.15) is 52.4 Å². The van der Waals surface area contributed by atoms with Crippen LogP contribution in [0, 0.1) is 6.42 Å². The number of ether oxygens (including phenoxy) is 2. The normalized spacial score (nSPS) is 20.9. The lowest BCUT2D eigenvalue weighted by molar-refractivity contribution is -0.150. The molecule has 2 saturated carbocycles. The lowest BCUT2D eigenvalue weighted by atomic mass is 9.94. The maximum absolute atomic E-state index is 13.7. The fourth-order valence-electron chi connectivity index (χ4n) is 4.06. The topological polar surface area (TPSA) is 146 Å². The third kappa shape index (κ3) is 6.09. The van der Waals surface area contributed by atoms with Crippen molar-refractivity contribution in [1.82, 2.24) is 29.7 Å². The number of imidazole rings is 1. The number of anilines is 1. The largest absolute Gasteiger partial charge is 0.461 e. The van der Waals surface area contributed by atoms with E-state index in [-0.39, 0.29) is 30.6 Å². The third-order valence-corrected chi connectivity index (χ3v) is 8.13. The molecule has 2 aromatic rings. The van der Waals surface area contributed by atoms with Gasteiger partial charge in [0.05, 0.1) is 19.0 Å². The minimum atomic E-state index is -3.22. The van der Waals surface area contributed by atoms with Crippen LogP contribution in [0.2, 0.25) is 0 Å². The van der Waals surface area contributed by atoms with Gasteiger partial charge >= 0.3 is 5.97 Å². The highest BCUT2D eigenvalue weighted by Crippen LogP contribution is 2.40. The second-order valence-corrected chi connectivity index (χ2v) is 11.2. The molecular formula is C21H33N7O4P. The van der Waals surface area contributed by atoms with Gasteiger partial charge in [0.25, 0.3) is 0 Å². The fourth-order valence-corrected chi connectivity index (χ4v) is 6.25. The Morgan fingerprint density at radius 3 is 2.73 bits per heavy atom. The van der Waals surface area contributed by atoms with Crippen molar-refractivity contribution in [3.05, 3.63) is 19.1 Å². The molecule has 2 fully saturated rings. The number of hydrogen-bond acceptors (Lipinski definition) is 8. The minimum Gasteiger partial charge on any atom is -0.461 e. The summed E-state index contributed by atoms with van der Waals surface area (Å²) in [6, 6.07) is -0.669. The molecule has 0 aromatic carbocycles. The molecule has 4 atom stereocenters. The van der Waals surface area contributed by atoms with Crippen molar-refractivity contribution in [2.75, 3.05) is 12.1 Å². The Morgan fingerprint density at radius 1 is 1.27 bits per heavy atom. The smallest absolute Gasteiger partial charge is 0.323 e. The highest BCUT2D eigenvalue weighted by atomic mass is 31.2. The van der Waals surface area contributed by atoms with Crippen LogP contribution in [0.25, 0.3) is 11.2 Å². The van der Waals surface area contributed by atoms with E-state index < -0.39 is 13.5 Å². The SMILES string of the molecule is C[C@H](Cn1cnc2c(N)ncnc21)OCP(=O)(NC1[CH]CC1)N[C@H](C)C(=O)OC1CCCC1. The first-order chi connectivity index (χ1) is 15.8. The summed E-state index contributed by atoms with van der Waals surface area (Å²) in [4.78, 5) is 25.0. The number of carbonyl (C=O) groups is 1. The van der Waals surface area contributed by atoms with Gasteiger partial charge in [-0.05, 0) is 58.8 Å². The second kappa shape index (κ2) is 10.5. The molecule has 12 heteroatoms. The molecule has 2 aliphatic carbocycles. The number of carbonyl (C=O) groups excluding carboxylic acids is 1. The molecule has 181 valence electrons. The minimum absolute atomic E-state index is 0.0341. The van der Waals surface area contributed by atoms with Crippen LogP contribution < -0.4 is 15.9 Å². The summed E-state index contributed by atoms with van der Waals surface area (Å²) < 4.78 is 27.1. The highest BCUT2D eigenvalue weighted by Gasteiger charge is 2.34. The maximum Gasteiger partial charge on any atom is 0.323 e. The van der Waals surface area contributed by atoms with Gasteiger partial charge in [0, 0.05) is 6.04 Å². The van der Waals surface area contributed by atoms with Crippen molar-refractivity contribution >= 4 is 30.4 Å². The Balaban J connectivity index is 1.35. The van der Waals surface area contributed by atoms with Gasteiger partial charge in [-0.15, -0.1) is 0 Å². The Bertz CT molecular complexity index is 1010. The van der Waals surface area contributed by atoms with Crippen molar-refractivity contribution in [2.45, 2.75) is 83.2 Å². The van der Waals surface area contributed by atoms with Crippen molar-refractivity contribution < 1.29 is 18.8 Å².